The summed E-state index contributed by atoms with van der Waals surface area (Å²) >= 11 is 0. The second-order valence-electron chi connectivity index (χ2n) is 4.70. The molecule has 106 valence electrons. The molecule has 0 aliphatic carbocycles. The highest BCUT2D eigenvalue weighted by Gasteiger charge is 2.06. The normalized spacial score (nSPS) is 10.7. The minimum atomic E-state index is 0.0251. The van der Waals surface area contributed by atoms with Gasteiger partial charge in [0, 0.05) is 36.9 Å². The maximum Gasteiger partial charge on any atom is 0.225 e. The summed E-state index contributed by atoms with van der Waals surface area (Å²) in [6, 6.07) is 8.14. The summed E-state index contributed by atoms with van der Waals surface area (Å²) in [4.78, 5) is 11.8. The fourth-order valence-electron chi connectivity index (χ4n) is 1.67. The van der Waals surface area contributed by atoms with E-state index in [0.29, 0.717) is 32.2 Å². The van der Waals surface area contributed by atoms with Crippen molar-refractivity contribution in [2.24, 2.45) is 0 Å². The zero-order chi connectivity index (χ0) is 14.1. The van der Waals surface area contributed by atoms with E-state index in [1.54, 1.807) is 0 Å². The first-order chi connectivity index (χ1) is 9.13. The molecule has 0 atom stereocenters. The van der Waals surface area contributed by atoms with Crippen molar-refractivity contribution in [2.45, 2.75) is 39.8 Å². The number of benzene rings is 1. The third kappa shape index (κ3) is 6.36. The van der Waals surface area contributed by atoms with E-state index >= 15 is 0 Å². The highest BCUT2D eigenvalue weighted by molar-refractivity contribution is 5.91. The molecule has 1 amide bonds. The van der Waals surface area contributed by atoms with E-state index in [0.717, 1.165) is 11.3 Å². The van der Waals surface area contributed by atoms with E-state index in [1.165, 1.54) is 0 Å². The fraction of sp³-hybridized carbons (Fsp3) is 0.533. The maximum absolute atomic E-state index is 11.8. The molecule has 1 rings (SSSR count). The maximum atomic E-state index is 11.8. The lowest BCUT2D eigenvalue weighted by Gasteiger charge is -2.12. The summed E-state index contributed by atoms with van der Waals surface area (Å²) in [6.07, 6.45) is 0.473. The van der Waals surface area contributed by atoms with E-state index in [4.69, 9.17) is 4.74 Å². The van der Waals surface area contributed by atoms with Gasteiger partial charge in [-0.05, 0) is 13.0 Å². The Morgan fingerprint density at radius 2 is 2.05 bits per heavy atom. The monoisotopic (exact) mass is 264 g/mol. The van der Waals surface area contributed by atoms with Gasteiger partial charge in [-0.15, -0.1) is 0 Å². The molecule has 4 nitrogen and oxygen atoms in total. The molecule has 1 aromatic carbocycles. The predicted octanol–water partition coefficient (Wildman–Crippen LogP) is 2.55. The van der Waals surface area contributed by atoms with Crippen LogP contribution in [-0.2, 0) is 16.1 Å². The summed E-state index contributed by atoms with van der Waals surface area (Å²) in [6.45, 7) is 7.97. The van der Waals surface area contributed by atoms with Gasteiger partial charge in [-0.3, -0.25) is 4.79 Å². The van der Waals surface area contributed by atoms with Gasteiger partial charge in [0.2, 0.25) is 5.91 Å². The second kappa shape index (κ2) is 8.67. The number of para-hydroxylation sites is 1. The van der Waals surface area contributed by atoms with Crippen molar-refractivity contribution >= 4 is 11.6 Å². The molecule has 0 saturated carbocycles. The molecule has 0 fully saturated rings. The molecule has 0 saturated heterocycles. The molecule has 0 bridgehead atoms. The van der Waals surface area contributed by atoms with Crippen molar-refractivity contribution in [2.75, 3.05) is 18.5 Å². The number of anilines is 1. The quantitative estimate of drug-likeness (QED) is 0.758. The van der Waals surface area contributed by atoms with E-state index in [9.17, 15) is 4.79 Å². The highest BCUT2D eigenvalue weighted by atomic mass is 16.5. The third-order valence-corrected chi connectivity index (χ3v) is 2.66. The van der Waals surface area contributed by atoms with Gasteiger partial charge in [-0.1, -0.05) is 32.0 Å². The Kier molecular flexibility index (Phi) is 7.15. The van der Waals surface area contributed by atoms with E-state index in [1.807, 2.05) is 31.2 Å². The molecular weight excluding hydrogens is 240 g/mol. The van der Waals surface area contributed by atoms with Crippen molar-refractivity contribution in [3.05, 3.63) is 29.8 Å². The molecule has 0 unspecified atom stereocenters. The van der Waals surface area contributed by atoms with Crippen LogP contribution >= 0.6 is 0 Å². The average molecular weight is 264 g/mol. The molecule has 4 heteroatoms. The van der Waals surface area contributed by atoms with E-state index in [-0.39, 0.29) is 5.91 Å². The van der Waals surface area contributed by atoms with Crippen LogP contribution in [0.5, 0.6) is 0 Å². The van der Waals surface area contributed by atoms with Gasteiger partial charge in [0.1, 0.15) is 0 Å². The number of hydrogen-bond acceptors (Lipinski definition) is 3. The van der Waals surface area contributed by atoms with Crippen LogP contribution in [0.4, 0.5) is 5.69 Å². The Hall–Kier alpha value is -1.39. The number of hydrogen-bond donors (Lipinski definition) is 2. The van der Waals surface area contributed by atoms with E-state index in [2.05, 4.69) is 24.5 Å². The molecular formula is C15H24N2O2. The largest absolute Gasteiger partial charge is 0.377 e. The second-order valence-corrected chi connectivity index (χ2v) is 4.70. The van der Waals surface area contributed by atoms with Gasteiger partial charge < -0.3 is 15.4 Å². The summed E-state index contributed by atoms with van der Waals surface area (Å²) in [5.41, 5.74) is 1.85. The van der Waals surface area contributed by atoms with Crippen molar-refractivity contribution in [1.82, 2.24) is 5.32 Å². The number of amides is 1. The molecule has 0 heterocycles. The van der Waals surface area contributed by atoms with Crippen LogP contribution in [-0.4, -0.2) is 25.1 Å². The van der Waals surface area contributed by atoms with Crippen molar-refractivity contribution in [3.63, 3.8) is 0 Å². The molecule has 1 aromatic rings. The summed E-state index contributed by atoms with van der Waals surface area (Å²) in [7, 11) is 0. The minimum Gasteiger partial charge on any atom is -0.377 e. The van der Waals surface area contributed by atoms with E-state index < -0.39 is 0 Å². The molecule has 0 spiro atoms. The zero-order valence-electron chi connectivity index (χ0n) is 12.0. The number of rotatable bonds is 8. The molecule has 0 aromatic heterocycles. The molecule has 2 N–H and O–H groups in total. The number of nitrogens with one attached hydrogen (secondary N) is 2. The van der Waals surface area contributed by atoms with Gasteiger partial charge >= 0.3 is 0 Å². The summed E-state index contributed by atoms with van der Waals surface area (Å²) in [5, 5.41) is 6.16. The smallest absolute Gasteiger partial charge is 0.225 e. The Balaban J connectivity index is 2.48. The minimum absolute atomic E-state index is 0.0251. The molecule has 19 heavy (non-hydrogen) atoms. The standard InChI is InChI=1S/C15H24N2O2/c1-4-19-11-13-7-5-6-8-14(13)17-15(18)9-10-16-12(2)3/h5-8,12,16H,4,9-11H2,1-3H3,(H,17,18). The lowest BCUT2D eigenvalue weighted by Crippen LogP contribution is -2.27. The van der Waals surface area contributed by atoms with Crippen LogP contribution in [0.3, 0.4) is 0 Å². The van der Waals surface area contributed by atoms with Gasteiger partial charge in [-0.2, -0.15) is 0 Å². The third-order valence-electron chi connectivity index (χ3n) is 2.66. The summed E-state index contributed by atoms with van der Waals surface area (Å²) in [5.74, 6) is 0.0251. The van der Waals surface area contributed by atoms with Crippen LogP contribution in [0.25, 0.3) is 0 Å². The lowest BCUT2D eigenvalue weighted by atomic mass is 10.2. The lowest BCUT2D eigenvalue weighted by molar-refractivity contribution is -0.116. The van der Waals surface area contributed by atoms with Crippen LogP contribution in [0.1, 0.15) is 32.8 Å². The van der Waals surface area contributed by atoms with Crippen LogP contribution in [0.15, 0.2) is 24.3 Å². The van der Waals surface area contributed by atoms with Crippen LogP contribution < -0.4 is 10.6 Å². The zero-order valence-corrected chi connectivity index (χ0v) is 12.0. The first-order valence-corrected chi connectivity index (χ1v) is 6.82. The van der Waals surface area contributed by atoms with Crippen molar-refractivity contribution in [3.8, 4) is 0 Å². The topological polar surface area (TPSA) is 50.4 Å². The SMILES string of the molecule is CCOCc1ccccc1NC(=O)CCNC(C)C. The Bertz CT molecular complexity index is 391. The van der Waals surface area contributed by atoms with Crippen molar-refractivity contribution < 1.29 is 9.53 Å². The van der Waals surface area contributed by atoms with Gasteiger partial charge in [0.15, 0.2) is 0 Å². The van der Waals surface area contributed by atoms with Crippen LogP contribution in [0.2, 0.25) is 0 Å². The predicted molar refractivity (Wildman–Crippen MR) is 78.2 cm³/mol. The Morgan fingerprint density at radius 1 is 1.32 bits per heavy atom. The van der Waals surface area contributed by atoms with Crippen molar-refractivity contribution in [1.29, 1.82) is 0 Å². The van der Waals surface area contributed by atoms with Gasteiger partial charge in [0.05, 0.1) is 6.61 Å². The highest BCUT2D eigenvalue weighted by Crippen LogP contribution is 2.16. The van der Waals surface area contributed by atoms with Gasteiger partial charge in [0.25, 0.3) is 0 Å². The van der Waals surface area contributed by atoms with Gasteiger partial charge in [-0.25, -0.2) is 0 Å². The fourth-order valence-corrected chi connectivity index (χ4v) is 1.67. The molecule has 0 aliphatic rings. The Morgan fingerprint density at radius 3 is 2.74 bits per heavy atom. The first kappa shape index (κ1) is 15.7. The number of carbonyl (C=O) groups is 1. The molecule has 0 radical (unpaired) electrons. The summed E-state index contributed by atoms with van der Waals surface area (Å²) < 4.78 is 5.39. The molecule has 0 aliphatic heterocycles. The average Bonchev–Trinajstić information content (AvgIpc) is 2.37. The van der Waals surface area contributed by atoms with Crippen LogP contribution in [0, 0.1) is 0 Å². The first-order valence-electron chi connectivity index (χ1n) is 6.82. The number of ether oxygens (including phenoxy) is 1. The number of carbonyl (C=O) groups excluding carboxylic acids is 1. The Labute approximate surface area is 115 Å².